The quantitative estimate of drug-likeness (QED) is 0.808. The molecule has 0 atom stereocenters. The SMILES string of the molecule is CCCNC(=O)CNC(=O)COc1ccc(Cl)cc1Cl. The fourth-order valence-corrected chi connectivity index (χ4v) is 1.76. The molecule has 2 amide bonds. The number of rotatable bonds is 7. The third-order valence-corrected chi connectivity index (χ3v) is 2.80. The molecule has 0 unspecified atom stereocenters. The molecule has 0 aliphatic rings. The lowest BCUT2D eigenvalue weighted by Crippen LogP contribution is -2.39. The van der Waals surface area contributed by atoms with E-state index in [0.717, 1.165) is 6.42 Å². The lowest BCUT2D eigenvalue weighted by Gasteiger charge is -2.09. The van der Waals surface area contributed by atoms with Crippen LogP contribution in [-0.4, -0.2) is 31.5 Å². The minimum atomic E-state index is -0.400. The van der Waals surface area contributed by atoms with Crippen molar-refractivity contribution in [1.82, 2.24) is 10.6 Å². The lowest BCUT2D eigenvalue weighted by atomic mass is 10.3. The van der Waals surface area contributed by atoms with Gasteiger partial charge in [0.15, 0.2) is 6.61 Å². The molecule has 0 spiro atoms. The maximum Gasteiger partial charge on any atom is 0.258 e. The van der Waals surface area contributed by atoms with Gasteiger partial charge in [-0.1, -0.05) is 30.1 Å². The van der Waals surface area contributed by atoms with E-state index in [9.17, 15) is 9.59 Å². The Hall–Kier alpha value is -1.46. The smallest absolute Gasteiger partial charge is 0.258 e. The summed E-state index contributed by atoms with van der Waals surface area (Å²) in [5, 5.41) is 5.90. The first-order chi connectivity index (χ1) is 9.52. The Morgan fingerprint density at radius 1 is 1.20 bits per heavy atom. The van der Waals surface area contributed by atoms with Crippen molar-refractivity contribution in [1.29, 1.82) is 0 Å². The zero-order chi connectivity index (χ0) is 15.0. The maximum absolute atomic E-state index is 11.5. The molecule has 1 rings (SSSR count). The van der Waals surface area contributed by atoms with Gasteiger partial charge in [-0.3, -0.25) is 9.59 Å². The van der Waals surface area contributed by atoms with Gasteiger partial charge in [-0.2, -0.15) is 0 Å². The zero-order valence-corrected chi connectivity index (χ0v) is 12.6. The summed E-state index contributed by atoms with van der Waals surface area (Å²) in [7, 11) is 0. The standard InChI is InChI=1S/C13H16Cl2N2O3/c1-2-5-16-12(18)7-17-13(19)8-20-11-4-3-9(14)6-10(11)15/h3-4,6H,2,5,7-8H2,1H3,(H,16,18)(H,17,19). The second-order valence-electron chi connectivity index (χ2n) is 3.99. The van der Waals surface area contributed by atoms with Crippen molar-refractivity contribution >= 4 is 35.0 Å². The Labute approximate surface area is 127 Å². The molecule has 0 saturated carbocycles. The Morgan fingerprint density at radius 3 is 2.60 bits per heavy atom. The average Bonchev–Trinajstić information content (AvgIpc) is 2.41. The highest BCUT2D eigenvalue weighted by atomic mass is 35.5. The minimum absolute atomic E-state index is 0.0729. The molecular weight excluding hydrogens is 303 g/mol. The number of carbonyl (C=O) groups is 2. The van der Waals surface area contributed by atoms with Crippen LogP contribution in [0.3, 0.4) is 0 Å². The van der Waals surface area contributed by atoms with Crippen molar-refractivity contribution in [2.24, 2.45) is 0 Å². The monoisotopic (exact) mass is 318 g/mol. The second-order valence-corrected chi connectivity index (χ2v) is 4.83. The molecule has 0 fully saturated rings. The van der Waals surface area contributed by atoms with Crippen LogP contribution in [0, 0.1) is 0 Å². The van der Waals surface area contributed by atoms with Crippen molar-refractivity contribution in [2.75, 3.05) is 19.7 Å². The average molecular weight is 319 g/mol. The summed E-state index contributed by atoms with van der Waals surface area (Å²) in [4.78, 5) is 22.8. The largest absolute Gasteiger partial charge is 0.482 e. The highest BCUT2D eigenvalue weighted by Gasteiger charge is 2.08. The number of halogens is 2. The molecule has 0 aromatic heterocycles. The van der Waals surface area contributed by atoms with Gasteiger partial charge in [-0.05, 0) is 24.6 Å². The Balaban J connectivity index is 2.31. The summed E-state index contributed by atoms with van der Waals surface area (Å²) in [6.45, 7) is 2.24. The van der Waals surface area contributed by atoms with Gasteiger partial charge in [-0.25, -0.2) is 0 Å². The van der Waals surface area contributed by atoms with Gasteiger partial charge in [0, 0.05) is 11.6 Å². The fourth-order valence-electron chi connectivity index (χ4n) is 1.29. The molecular formula is C13H16Cl2N2O3. The first kappa shape index (κ1) is 16.6. The molecule has 20 heavy (non-hydrogen) atoms. The summed E-state index contributed by atoms with van der Waals surface area (Å²) < 4.78 is 5.23. The number of carbonyl (C=O) groups excluding carboxylic acids is 2. The van der Waals surface area contributed by atoms with E-state index in [4.69, 9.17) is 27.9 Å². The number of nitrogens with one attached hydrogen (secondary N) is 2. The summed E-state index contributed by atoms with van der Waals surface area (Å²) in [5.74, 6) is -0.269. The molecule has 110 valence electrons. The minimum Gasteiger partial charge on any atom is -0.482 e. The molecule has 0 aliphatic heterocycles. The summed E-state index contributed by atoms with van der Waals surface area (Å²) in [6.07, 6.45) is 0.845. The molecule has 1 aromatic rings. The van der Waals surface area contributed by atoms with E-state index in [2.05, 4.69) is 10.6 Å². The van der Waals surface area contributed by atoms with Crippen molar-refractivity contribution in [2.45, 2.75) is 13.3 Å². The molecule has 5 nitrogen and oxygen atoms in total. The van der Waals surface area contributed by atoms with Crippen LogP contribution >= 0.6 is 23.2 Å². The highest BCUT2D eigenvalue weighted by molar-refractivity contribution is 6.35. The van der Waals surface area contributed by atoms with Crippen molar-refractivity contribution in [3.63, 3.8) is 0 Å². The van der Waals surface area contributed by atoms with Crippen LogP contribution in [-0.2, 0) is 9.59 Å². The van der Waals surface area contributed by atoms with Crippen molar-refractivity contribution in [3.8, 4) is 5.75 Å². The molecule has 0 radical (unpaired) electrons. The van der Waals surface area contributed by atoms with Crippen molar-refractivity contribution in [3.05, 3.63) is 28.2 Å². The number of ether oxygens (including phenoxy) is 1. The maximum atomic E-state index is 11.5. The van der Waals surface area contributed by atoms with E-state index in [-0.39, 0.29) is 19.1 Å². The van der Waals surface area contributed by atoms with E-state index in [0.29, 0.717) is 22.3 Å². The third kappa shape index (κ3) is 6.12. The van der Waals surface area contributed by atoms with Crippen LogP contribution in [0.4, 0.5) is 0 Å². The van der Waals surface area contributed by atoms with Gasteiger partial charge in [0.1, 0.15) is 5.75 Å². The predicted molar refractivity (Wildman–Crippen MR) is 78.3 cm³/mol. The van der Waals surface area contributed by atoms with E-state index in [1.165, 1.54) is 6.07 Å². The number of benzene rings is 1. The summed E-state index contributed by atoms with van der Waals surface area (Å²) >= 11 is 11.6. The predicted octanol–water partition coefficient (Wildman–Crippen LogP) is 2.01. The Kier molecular flexibility index (Phi) is 7.18. The molecule has 1 aromatic carbocycles. The van der Waals surface area contributed by atoms with E-state index in [1.54, 1.807) is 12.1 Å². The van der Waals surface area contributed by atoms with Crippen LogP contribution in [0.5, 0.6) is 5.75 Å². The topological polar surface area (TPSA) is 67.4 Å². The van der Waals surface area contributed by atoms with E-state index in [1.807, 2.05) is 6.92 Å². The fraction of sp³-hybridized carbons (Fsp3) is 0.385. The second kappa shape index (κ2) is 8.66. The van der Waals surface area contributed by atoms with Gasteiger partial charge in [0.2, 0.25) is 5.91 Å². The summed E-state index contributed by atoms with van der Waals surface area (Å²) in [5.41, 5.74) is 0. The normalized spacial score (nSPS) is 9.95. The Morgan fingerprint density at radius 2 is 1.95 bits per heavy atom. The first-order valence-corrected chi connectivity index (χ1v) is 6.89. The van der Waals surface area contributed by atoms with E-state index >= 15 is 0 Å². The van der Waals surface area contributed by atoms with Gasteiger partial charge < -0.3 is 15.4 Å². The number of hydrogen-bond donors (Lipinski definition) is 2. The van der Waals surface area contributed by atoms with Gasteiger partial charge in [0.25, 0.3) is 5.91 Å². The highest BCUT2D eigenvalue weighted by Crippen LogP contribution is 2.27. The third-order valence-electron chi connectivity index (χ3n) is 2.27. The zero-order valence-electron chi connectivity index (χ0n) is 11.0. The Bertz CT molecular complexity index is 481. The molecule has 7 heteroatoms. The van der Waals surface area contributed by atoms with Gasteiger partial charge in [-0.15, -0.1) is 0 Å². The molecule has 0 saturated heterocycles. The van der Waals surface area contributed by atoms with Gasteiger partial charge in [0.05, 0.1) is 11.6 Å². The summed E-state index contributed by atoms with van der Waals surface area (Å²) in [6, 6.07) is 4.71. The van der Waals surface area contributed by atoms with Crippen LogP contribution in [0.25, 0.3) is 0 Å². The van der Waals surface area contributed by atoms with Crippen LogP contribution in [0.1, 0.15) is 13.3 Å². The van der Waals surface area contributed by atoms with E-state index < -0.39 is 5.91 Å². The number of hydrogen-bond acceptors (Lipinski definition) is 3. The van der Waals surface area contributed by atoms with Crippen LogP contribution < -0.4 is 15.4 Å². The number of amides is 2. The van der Waals surface area contributed by atoms with Crippen LogP contribution in [0.15, 0.2) is 18.2 Å². The molecule has 0 bridgehead atoms. The van der Waals surface area contributed by atoms with Gasteiger partial charge >= 0.3 is 0 Å². The first-order valence-electron chi connectivity index (χ1n) is 6.14. The molecule has 0 aliphatic carbocycles. The van der Waals surface area contributed by atoms with Crippen LogP contribution in [0.2, 0.25) is 10.0 Å². The molecule has 0 heterocycles. The van der Waals surface area contributed by atoms with Crippen molar-refractivity contribution < 1.29 is 14.3 Å². The lowest BCUT2D eigenvalue weighted by molar-refractivity contribution is -0.127. The molecule has 2 N–H and O–H groups in total.